The highest BCUT2D eigenvalue weighted by Crippen LogP contribution is 2.32. The number of hydrogen-bond acceptors (Lipinski definition) is 5. The maximum atomic E-state index is 12.9. The summed E-state index contributed by atoms with van der Waals surface area (Å²) in [5, 5.41) is 13.7. The van der Waals surface area contributed by atoms with Gasteiger partial charge in [-0.3, -0.25) is 4.79 Å². The molecule has 1 aromatic carbocycles. The Hall–Kier alpha value is -1.92. The summed E-state index contributed by atoms with van der Waals surface area (Å²) in [4.78, 5) is 14.0. The molecule has 2 heterocycles. The zero-order chi connectivity index (χ0) is 17.6. The number of aromatic nitrogens is 2. The number of nitrogens with zero attached hydrogens (tertiary/aromatic N) is 4. The molecular weight excluding hydrogens is 356 g/mol. The Morgan fingerprint density at radius 3 is 2.60 bits per heavy atom. The Balaban J connectivity index is 1.83. The maximum absolute atomic E-state index is 12.9. The Kier molecular flexibility index (Phi) is 6.04. The van der Waals surface area contributed by atoms with Gasteiger partial charge in [0.25, 0.3) is 5.91 Å². The number of halogens is 1. The molecule has 1 aliphatic rings. The molecule has 25 heavy (non-hydrogen) atoms. The van der Waals surface area contributed by atoms with E-state index < -0.39 is 0 Å². The van der Waals surface area contributed by atoms with Crippen LogP contribution in [0.5, 0.6) is 0 Å². The fourth-order valence-corrected chi connectivity index (χ4v) is 3.75. The van der Waals surface area contributed by atoms with Gasteiger partial charge in [0, 0.05) is 4.90 Å². The zero-order valence-corrected chi connectivity index (χ0v) is 15.5. The van der Waals surface area contributed by atoms with Gasteiger partial charge in [0.1, 0.15) is 5.25 Å². The first-order chi connectivity index (χ1) is 12.2. The van der Waals surface area contributed by atoms with Gasteiger partial charge in [0.15, 0.2) is 11.0 Å². The van der Waals surface area contributed by atoms with E-state index in [2.05, 4.69) is 22.2 Å². The lowest BCUT2D eigenvalue weighted by Gasteiger charge is -2.13. The van der Waals surface area contributed by atoms with Crippen molar-refractivity contribution < 1.29 is 4.79 Å². The molecule has 0 bridgehead atoms. The summed E-state index contributed by atoms with van der Waals surface area (Å²) < 4.78 is 0. The van der Waals surface area contributed by atoms with Crippen LogP contribution >= 0.6 is 23.4 Å². The molecule has 130 valence electrons. The summed E-state index contributed by atoms with van der Waals surface area (Å²) in [7, 11) is 0. The van der Waals surface area contributed by atoms with E-state index in [4.69, 9.17) is 11.6 Å². The summed E-state index contributed by atoms with van der Waals surface area (Å²) in [6, 6.07) is 13.2. The van der Waals surface area contributed by atoms with Gasteiger partial charge >= 0.3 is 0 Å². The van der Waals surface area contributed by atoms with Gasteiger partial charge in [-0.15, -0.1) is 22.0 Å². The predicted molar refractivity (Wildman–Crippen MR) is 102 cm³/mol. The summed E-state index contributed by atoms with van der Waals surface area (Å²) in [6.07, 6.45) is 4.08. The molecule has 0 fully saturated rings. The van der Waals surface area contributed by atoms with Gasteiger partial charge in [0.05, 0.1) is 5.71 Å². The lowest BCUT2D eigenvalue weighted by Crippen LogP contribution is -2.30. The Morgan fingerprint density at radius 1 is 1.12 bits per heavy atom. The van der Waals surface area contributed by atoms with Crippen molar-refractivity contribution in [3.05, 3.63) is 47.6 Å². The molecule has 0 N–H and O–H groups in total. The van der Waals surface area contributed by atoms with Gasteiger partial charge in [0.2, 0.25) is 0 Å². The molecule has 0 spiro atoms. The summed E-state index contributed by atoms with van der Waals surface area (Å²) in [5.41, 5.74) is 0.893. The van der Waals surface area contributed by atoms with Crippen LogP contribution in [-0.2, 0) is 4.79 Å². The fourth-order valence-electron chi connectivity index (χ4n) is 2.56. The van der Waals surface area contributed by atoms with Gasteiger partial charge in [-0.1, -0.05) is 49.6 Å². The number of hydrogen-bond donors (Lipinski definition) is 0. The first-order valence-corrected chi connectivity index (χ1v) is 9.57. The predicted octanol–water partition coefficient (Wildman–Crippen LogP) is 4.57. The molecule has 0 radical (unpaired) electrons. The van der Waals surface area contributed by atoms with Crippen molar-refractivity contribution in [1.29, 1.82) is 0 Å². The second-order valence-corrected chi connectivity index (χ2v) is 7.29. The SMILES string of the molecule is CCCCCC1=NN(c2ccc(Cl)nn2)C(=O)C1Sc1ccccc1. The molecule has 1 atom stereocenters. The number of carbonyl (C=O) groups excluding carboxylic acids is 1. The zero-order valence-electron chi connectivity index (χ0n) is 13.9. The number of amides is 1. The monoisotopic (exact) mass is 374 g/mol. The molecule has 0 saturated heterocycles. The highest BCUT2D eigenvalue weighted by atomic mass is 35.5. The quantitative estimate of drug-likeness (QED) is 0.666. The molecule has 7 heteroatoms. The average molecular weight is 375 g/mol. The van der Waals surface area contributed by atoms with Crippen molar-refractivity contribution in [3.8, 4) is 0 Å². The van der Waals surface area contributed by atoms with Gasteiger partial charge in [-0.2, -0.15) is 10.1 Å². The number of hydrazone groups is 1. The van der Waals surface area contributed by atoms with E-state index in [0.717, 1.165) is 36.3 Å². The van der Waals surface area contributed by atoms with Crippen LogP contribution in [0, 0.1) is 0 Å². The molecule has 1 aliphatic heterocycles. The average Bonchev–Trinajstić information content (AvgIpc) is 2.93. The summed E-state index contributed by atoms with van der Waals surface area (Å²) in [5.74, 6) is 0.315. The van der Waals surface area contributed by atoms with E-state index >= 15 is 0 Å². The van der Waals surface area contributed by atoms with E-state index in [1.165, 1.54) is 16.8 Å². The minimum atomic E-state index is -0.322. The van der Waals surface area contributed by atoms with Crippen LogP contribution in [0.25, 0.3) is 0 Å². The van der Waals surface area contributed by atoms with Crippen LogP contribution in [-0.4, -0.2) is 27.1 Å². The third-order valence-electron chi connectivity index (χ3n) is 3.83. The van der Waals surface area contributed by atoms with Crippen LogP contribution in [0.1, 0.15) is 32.6 Å². The summed E-state index contributed by atoms with van der Waals surface area (Å²) in [6.45, 7) is 2.16. The van der Waals surface area contributed by atoms with Crippen molar-refractivity contribution in [2.45, 2.75) is 42.8 Å². The van der Waals surface area contributed by atoms with Crippen LogP contribution < -0.4 is 5.01 Å². The van der Waals surface area contributed by atoms with Crippen LogP contribution in [0.3, 0.4) is 0 Å². The molecule has 3 rings (SSSR count). The number of carbonyl (C=O) groups is 1. The first-order valence-electron chi connectivity index (χ1n) is 8.31. The molecule has 2 aromatic rings. The van der Waals surface area contributed by atoms with Crippen molar-refractivity contribution in [2.75, 3.05) is 5.01 Å². The second kappa shape index (κ2) is 8.45. The van der Waals surface area contributed by atoms with Crippen molar-refractivity contribution >= 4 is 40.8 Å². The van der Waals surface area contributed by atoms with E-state index in [9.17, 15) is 4.79 Å². The first kappa shape index (κ1) is 17.9. The van der Waals surface area contributed by atoms with Gasteiger partial charge < -0.3 is 0 Å². The number of unbranched alkanes of at least 4 members (excludes halogenated alkanes) is 2. The normalized spacial score (nSPS) is 17.0. The number of benzene rings is 1. The molecule has 5 nitrogen and oxygen atoms in total. The minimum absolute atomic E-state index is 0.0861. The number of thioether (sulfide) groups is 1. The Labute approximate surface area is 156 Å². The molecule has 1 unspecified atom stereocenters. The largest absolute Gasteiger partial charge is 0.271 e. The standard InChI is InChI=1S/C18H19ClN4OS/c1-2-3-5-10-14-17(25-13-8-6-4-7-9-13)18(24)23(22-14)16-12-11-15(19)20-21-16/h4,6-9,11-12,17H,2-3,5,10H2,1H3. The van der Waals surface area contributed by atoms with Crippen LogP contribution in [0.15, 0.2) is 52.5 Å². The molecule has 1 amide bonds. The van der Waals surface area contributed by atoms with E-state index in [0.29, 0.717) is 5.82 Å². The van der Waals surface area contributed by atoms with Crippen LogP contribution in [0.2, 0.25) is 5.15 Å². The molecular formula is C18H19ClN4OS. The molecule has 0 saturated carbocycles. The van der Waals surface area contributed by atoms with E-state index in [-0.39, 0.29) is 16.3 Å². The second-order valence-electron chi connectivity index (χ2n) is 5.72. The number of anilines is 1. The minimum Gasteiger partial charge on any atom is -0.271 e. The highest BCUT2D eigenvalue weighted by molar-refractivity contribution is 8.01. The van der Waals surface area contributed by atoms with E-state index in [1.807, 2.05) is 30.3 Å². The van der Waals surface area contributed by atoms with Crippen molar-refractivity contribution in [2.24, 2.45) is 5.10 Å². The fraction of sp³-hybridized carbons (Fsp3) is 0.333. The van der Waals surface area contributed by atoms with Gasteiger partial charge in [-0.25, -0.2) is 0 Å². The Bertz CT molecular complexity index is 751. The van der Waals surface area contributed by atoms with Gasteiger partial charge in [-0.05, 0) is 37.1 Å². The smallest absolute Gasteiger partial charge is 0.268 e. The van der Waals surface area contributed by atoms with Crippen molar-refractivity contribution in [1.82, 2.24) is 10.2 Å². The topological polar surface area (TPSA) is 58.5 Å². The summed E-state index contributed by atoms with van der Waals surface area (Å²) >= 11 is 7.32. The van der Waals surface area contributed by atoms with E-state index in [1.54, 1.807) is 12.1 Å². The molecule has 0 aliphatic carbocycles. The lowest BCUT2D eigenvalue weighted by atomic mass is 10.1. The third kappa shape index (κ3) is 4.38. The Morgan fingerprint density at radius 2 is 1.92 bits per heavy atom. The number of rotatable bonds is 7. The molecule has 1 aromatic heterocycles. The van der Waals surface area contributed by atoms with Crippen LogP contribution in [0.4, 0.5) is 5.82 Å². The third-order valence-corrected chi connectivity index (χ3v) is 5.29. The maximum Gasteiger partial charge on any atom is 0.268 e. The highest BCUT2D eigenvalue weighted by Gasteiger charge is 2.37. The van der Waals surface area contributed by atoms with Crippen molar-refractivity contribution in [3.63, 3.8) is 0 Å². The lowest BCUT2D eigenvalue weighted by molar-refractivity contribution is -0.116.